The number of hydrogen-bond acceptors (Lipinski definition) is 2. The minimum absolute atomic E-state index is 0.118. The van der Waals surface area contributed by atoms with Crippen LogP contribution >= 0.6 is 0 Å². The highest BCUT2D eigenvalue weighted by Gasteiger charge is 2.04. The Balaban J connectivity index is 3.61. The third-order valence-corrected chi connectivity index (χ3v) is 2.18. The number of sulfonamides is 1. The molecule has 0 N–H and O–H groups in total. The Bertz CT molecular complexity index is 150. The molecule has 0 heterocycles. The molecule has 0 spiro atoms. The first-order valence-corrected chi connectivity index (χ1v) is 4.64. The minimum atomic E-state index is -3.06. The fraction of sp³-hybridized carbons (Fsp3) is 1.00. The predicted octanol–water partition coefficient (Wildman–Crippen LogP) is 0.350. The summed E-state index contributed by atoms with van der Waals surface area (Å²) in [5, 5.41) is 0. The molecule has 0 amide bonds. The zero-order chi connectivity index (χ0) is 7.33. The Labute approximate surface area is 56.5 Å². The van der Waals surface area contributed by atoms with Crippen molar-refractivity contribution in [1.82, 2.24) is 4.72 Å². The van der Waals surface area contributed by atoms with Crippen molar-refractivity contribution in [3.05, 3.63) is 0 Å². The molecule has 0 saturated heterocycles. The zero-order valence-electron chi connectivity index (χ0n) is 5.79. The molecule has 0 unspecified atom stereocenters. The van der Waals surface area contributed by atoms with Crippen molar-refractivity contribution in [2.75, 3.05) is 12.3 Å². The van der Waals surface area contributed by atoms with Crippen molar-refractivity contribution < 1.29 is 8.42 Å². The summed E-state index contributed by atoms with van der Waals surface area (Å²) in [7, 11) is -3.06. The summed E-state index contributed by atoms with van der Waals surface area (Å²) in [5.41, 5.74) is 0. The molecule has 4 heteroatoms. The molecule has 0 aliphatic rings. The monoisotopic (exact) mass is 150 g/mol. The lowest BCUT2D eigenvalue weighted by molar-refractivity contribution is 0.580. The van der Waals surface area contributed by atoms with Crippen molar-refractivity contribution in [3.63, 3.8) is 0 Å². The molecular weight excluding hydrogens is 138 g/mol. The second-order valence-electron chi connectivity index (χ2n) is 1.72. The first kappa shape index (κ1) is 8.91. The normalized spacial score (nSPS) is 11.8. The van der Waals surface area contributed by atoms with Gasteiger partial charge in [-0.05, 0) is 13.3 Å². The van der Waals surface area contributed by atoms with Gasteiger partial charge in [-0.3, -0.25) is 0 Å². The number of rotatable bonds is 4. The molecule has 0 saturated carbocycles. The van der Waals surface area contributed by atoms with E-state index in [0.717, 1.165) is 6.42 Å². The van der Waals surface area contributed by atoms with Crippen LogP contribution in [0.25, 0.3) is 0 Å². The summed E-state index contributed by atoms with van der Waals surface area (Å²) in [6, 6.07) is 0. The van der Waals surface area contributed by atoms with Crippen molar-refractivity contribution in [2.45, 2.75) is 20.3 Å². The third-order valence-electron chi connectivity index (χ3n) is 0.876. The van der Waals surface area contributed by atoms with E-state index >= 15 is 0 Å². The molecule has 0 aromatic carbocycles. The summed E-state index contributed by atoms with van der Waals surface area (Å²) in [4.78, 5) is 0. The zero-order valence-corrected chi connectivity index (χ0v) is 6.61. The van der Waals surface area contributed by atoms with E-state index < -0.39 is 10.0 Å². The molecule has 0 bridgehead atoms. The van der Waals surface area contributed by atoms with E-state index in [4.69, 9.17) is 0 Å². The highest BCUT2D eigenvalue weighted by molar-refractivity contribution is 7.89. The van der Waals surface area contributed by atoms with Crippen LogP contribution in [0.2, 0.25) is 0 Å². The first-order chi connectivity index (χ1) is 4.12. The Kier molecular flexibility index (Phi) is 3.81. The summed E-state index contributed by atoms with van der Waals surface area (Å²) < 4.78 is 24.6. The second kappa shape index (κ2) is 3.85. The fourth-order valence-corrected chi connectivity index (χ4v) is 0.965. The number of nitrogens with zero attached hydrogens (tertiary/aromatic N) is 1. The molecule has 0 rings (SSSR count). The lowest BCUT2D eigenvalue weighted by Crippen LogP contribution is -2.18. The number of hydrogen-bond donors (Lipinski definition) is 0. The lowest BCUT2D eigenvalue weighted by atomic mass is 10.5. The van der Waals surface area contributed by atoms with Gasteiger partial charge in [-0.2, -0.15) is 0 Å². The Morgan fingerprint density at radius 3 is 2.22 bits per heavy atom. The summed E-state index contributed by atoms with van der Waals surface area (Å²) >= 11 is 0. The maximum atomic E-state index is 10.6. The maximum Gasteiger partial charge on any atom is 0.227 e. The summed E-state index contributed by atoms with van der Waals surface area (Å²) in [5.74, 6) is 0.118. The van der Waals surface area contributed by atoms with Crippen molar-refractivity contribution in [3.8, 4) is 0 Å². The van der Waals surface area contributed by atoms with Crippen LogP contribution in [0, 0.1) is 0 Å². The van der Waals surface area contributed by atoms with Crippen LogP contribution in [0.15, 0.2) is 0 Å². The minimum Gasteiger partial charge on any atom is -0.211 e. The smallest absolute Gasteiger partial charge is 0.211 e. The highest BCUT2D eigenvalue weighted by Crippen LogP contribution is 1.84. The van der Waals surface area contributed by atoms with E-state index in [9.17, 15) is 8.42 Å². The standard InChI is InChI=1S/C5H12NO2S/c1-3-5-6-9(7,8)4-2/h3-5H2,1-2H3. The van der Waals surface area contributed by atoms with Gasteiger partial charge in [0.1, 0.15) is 0 Å². The van der Waals surface area contributed by atoms with Crippen molar-refractivity contribution >= 4 is 10.0 Å². The molecule has 0 aromatic heterocycles. The lowest BCUT2D eigenvalue weighted by Gasteiger charge is -1.96. The SMILES string of the molecule is CCC[N]S(=O)(=O)CC. The maximum absolute atomic E-state index is 10.6. The largest absolute Gasteiger partial charge is 0.227 e. The van der Waals surface area contributed by atoms with Crippen LogP contribution in [0.4, 0.5) is 0 Å². The van der Waals surface area contributed by atoms with E-state index in [1.807, 2.05) is 6.92 Å². The van der Waals surface area contributed by atoms with Gasteiger partial charge in [0.2, 0.25) is 10.0 Å². The fourth-order valence-electron chi connectivity index (χ4n) is 0.322. The Morgan fingerprint density at radius 2 is 1.89 bits per heavy atom. The van der Waals surface area contributed by atoms with Crippen LogP contribution in [-0.4, -0.2) is 20.7 Å². The summed E-state index contributed by atoms with van der Waals surface area (Å²) in [6.45, 7) is 3.92. The van der Waals surface area contributed by atoms with Gasteiger partial charge in [0, 0.05) is 6.54 Å². The van der Waals surface area contributed by atoms with E-state index in [2.05, 4.69) is 4.72 Å². The van der Waals surface area contributed by atoms with Gasteiger partial charge in [-0.15, -0.1) is 4.72 Å². The van der Waals surface area contributed by atoms with Crippen LogP contribution in [-0.2, 0) is 10.0 Å². The van der Waals surface area contributed by atoms with E-state index in [-0.39, 0.29) is 5.75 Å². The van der Waals surface area contributed by atoms with Gasteiger partial charge in [-0.25, -0.2) is 8.42 Å². The molecule has 9 heavy (non-hydrogen) atoms. The molecule has 0 fully saturated rings. The van der Waals surface area contributed by atoms with Gasteiger partial charge >= 0.3 is 0 Å². The van der Waals surface area contributed by atoms with Crippen molar-refractivity contribution in [1.29, 1.82) is 0 Å². The summed E-state index contributed by atoms with van der Waals surface area (Å²) in [6.07, 6.45) is 0.791. The van der Waals surface area contributed by atoms with E-state index in [1.54, 1.807) is 6.92 Å². The van der Waals surface area contributed by atoms with Gasteiger partial charge in [0.15, 0.2) is 0 Å². The predicted molar refractivity (Wildman–Crippen MR) is 36.8 cm³/mol. The average molecular weight is 150 g/mol. The molecule has 0 aromatic rings. The molecular formula is C5H12NO2S. The molecule has 0 aliphatic heterocycles. The van der Waals surface area contributed by atoms with Gasteiger partial charge in [0.25, 0.3) is 0 Å². The quantitative estimate of drug-likeness (QED) is 0.580. The molecule has 0 aliphatic carbocycles. The van der Waals surface area contributed by atoms with Crippen LogP contribution < -0.4 is 4.72 Å². The molecule has 0 atom stereocenters. The van der Waals surface area contributed by atoms with Crippen LogP contribution in [0.1, 0.15) is 20.3 Å². The van der Waals surface area contributed by atoms with Gasteiger partial charge in [0.05, 0.1) is 5.75 Å². The van der Waals surface area contributed by atoms with Crippen LogP contribution in [0.5, 0.6) is 0 Å². The van der Waals surface area contributed by atoms with E-state index in [0.29, 0.717) is 6.54 Å². The van der Waals surface area contributed by atoms with Crippen molar-refractivity contribution in [2.24, 2.45) is 0 Å². The Morgan fingerprint density at radius 1 is 1.33 bits per heavy atom. The van der Waals surface area contributed by atoms with E-state index in [1.165, 1.54) is 0 Å². The molecule has 55 valence electrons. The highest BCUT2D eigenvalue weighted by atomic mass is 32.2. The Hall–Kier alpha value is -0.0900. The van der Waals surface area contributed by atoms with Crippen LogP contribution in [0.3, 0.4) is 0 Å². The first-order valence-electron chi connectivity index (χ1n) is 3.04. The topological polar surface area (TPSA) is 48.2 Å². The third kappa shape index (κ3) is 4.42. The van der Waals surface area contributed by atoms with Gasteiger partial charge < -0.3 is 0 Å². The van der Waals surface area contributed by atoms with Gasteiger partial charge in [-0.1, -0.05) is 6.92 Å². The average Bonchev–Trinajstić information content (AvgIpc) is 1.84. The molecule has 1 radical (unpaired) electrons. The second-order valence-corrected chi connectivity index (χ2v) is 3.72. The molecule has 3 nitrogen and oxygen atoms in total.